The molecule has 0 saturated carbocycles. The van der Waals surface area contributed by atoms with E-state index in [0.717, 1.165) is 31.8 Å². The monoisotopic (exact) mass is 293 g/mol. The number of hydrogen-bond donors (Lipinski definition) is 1. The standard InChI is InChI=1S/C18H35N3/c1-4-13-20-18(3,16-19)12-8-10-15-21-14-9-6-7-11-17(21)5-2/h17,20H,4-15H2,1-3H3. The Balaban J connectivity index is 2.29. The molecule has 0 aromatic carbocycles. The molecule has 1 aliphatic heterocycles. The van der Waals surface area contributed by atoms with Crippen LogP contribution in [0.2, 0.25) is 0 Å². The Morgan fingerprint density at radius 1 is 1.24 bits per heavy atom. The molecule has 0 radical (unpaired) electrons. The highest BCUT2D eigenvalue weighted by molar-refractivity contribution is 5.03. The molecule has 1 rings (SSSR count). The first kappa shape index (κ1) is 18.5. The molecule has 1 fully saturated rings. The van der Waals surface area contributed by atoms with E-state index in [4.69, 9.17) is 0 Å². The molecule has 0 aliphatic carbocycles. The molecule has 0 spiro atoms. The van der Waals surface area contributed by atoms with E-state index in [-0.39, 0.29) is 5.54 Å². The van der Waals surface area contributed by atoms with Gasteiger partial charge in [0.15, 0.2) is 0 Å². The fraction of sp³-hybridized carbons (Fsp3) is 0.944. The van der Waals surface area contributed by atoms with Crippen LogP contribution in [-0.4, -0.2) is 36.1 Å². The van der Waals surface area contributed by atoms with Crippen LogP contribution in [0.5, 0.6) is 0 Å². The fourth-order valence-electron chi connectivity index (χ4n) is 3.37. The molecule has 3 heteroatoms. The van der Waals surface area contributed by atoms with Gasteiger partial charge in [0.2, 0.25) is 0 Å². The molecule has 0 aromatic rings. The molecule has 122 valence electrons. The first-order chi connectivity index (χ1) is 10.1. The molecule has 2 unspecified atom stereocenters. The largest absolute Gasteiger partial charge is 0.300 e. The van der Waals surface area contributed by atoms with Gasteiger partial charge in [-0.25, -0.2) is 0 Å². The predicted octanol–water partition coefficient (Wildman–Crippen LogP) is 4.09. The van der Waals surface area contributed by atoms with Gasteiger partial charge in [0.25, 0.3) is 0 Å². The van der Waals surface area contributed by atoms with Gasteiger partial charge >= 0.3 is 0 Å². The molecule has 2 atom stereocenters. The Morgan fingerprint density at radius 3 is 2.71 bits per heavy atom. The number of likely N-dealkylation sites (tertiary alicyclic amines) is 1. The third-order valence-electron chi connectivity index (χ3n) is 4.85. The topological polar surface area (TPSA) is 39.1 Å². The molecule has 1 N–H and O–H groups in total. The molecule has 21 heavy (non-hydrogen) atoms. The summed E-state index contributed by atoms with van der Waals surface area (Å²) >= 11 is 0. The molecule has 1 saturated heterocycles. The zero-order valence-corrected chi connectivity index (χ0v) is 14.5. The summed E-state index contributed by atoms with van der Waals surface area (Å²) in [5.41, 5.74) is -0.334. The van der Waals surface area contributed by atoms with Gasteiger partial charge < -0.3 is 4.90 Å². The smallest absolute Gasteiger partial charge is 0.103 e. The van der Waals surface area contributed by atoms with E-state index < -0.39 is 0 Å². The minimum atomic E-state index is -0.334. The summed E-state index contributed by atoms with van der Waals surface area (Å²) in [5, 5.41) is 12.7. The van der Waals surface area contributed by atoms with E-state index in [2.05, 4.69) is 30.1 Å². The lowest BCUT2D eigenvalue weighted by Crippen LogP contribution is -2.41. The molecule has 0 aromatic heterocycles. The average molecular weight is 293 g/mol. The average Bonchev–Trinajstić information content (AvgIpc) is 2.74. The summed E-state index contributed by atoms with van der Waals surface area (Å²) in [6.45, 7) is 9.95. The van der Waals surface area contributed by atoms with Crippen molar-refractivity contribution in [1.82, 2.24) is 10.2 Å². The minimum absolute atomic E-state index is 0.334. The van der Waals surface area contributed by atoms with Crippen LogP contribution in [-0.2, 0) is 0 Å². The number of nitrogens with one attached hydrogen (secondary N) is 1. The second-order valence-corrected chi connectivity index (χ2v) is 6.78. The SMILES string of the molecule is CCCNC(C)(C#N)CCCCN1CCCCCC1CC. The maximum atomic E-state index is 9.35. The maximum Gasteiger partial charge on any atom is 0.103 e. The summed E-state index contributed by atoms with van der Waals surface area (Å²) in [5.74, 6) is 0. The van der Waals surface area contributed by atoms with Crippen molar-refractivity contribution < 1.29 is 0 Å². The van der Waals surface area contributed by atoms with Crippen LogP contribution < -0.4 is 5.32 Å². The lowest BCUT2D eigenvalue weighted by molar-refractivity contribution is 0.189. The summed E-state index contributed by atoms with van der Waals surface area (Å²) in [7, 11) is 0. The van der Waals surface area contributed by atoms with Gasteiger partial charge in [-0.1, -0.05) is 26.7 Å². The number of rotatable bonds is 9. The van der Waals surface area contributed by atoms with Crippen LogP contribution in [0.15, 0.2) is 0 Å². The van der Waals surface area contributed by atoms with Gasteiger partial charge in [-0.2, -0.15) is 5.26 Å². The van der Waals surface area contributed by atoms with Crippen LogP contribution in [0.1, 0.15) is 78.6 Å². The van der Waals surface area contributed by atoms with E-state index in [9.17, 15) is 5.26 Å². The Bertz CT molecular complexity index is 310. The normalized spacial score (nSPS) is 23.2. The molecule has 0 amide bonds. The van der Waals surface area contributed by atoms with Gasteiger partial charge in [0.05, 0.1) is 6.07 Å². The third-order valence-corrected chi connectivity index (χ3v) is 4.85. The summed E-state index contributed by atoms with van der Waals surface area (Å²) in [6, 6.07) is 3.26. The van der Waals surface area contributed by atoms with Crippen molar-refractivity contribution in [2.75, 3.05) is 19.6 Å². The van der Waals surface area contributed by atoms with E-state index >= 15 is 0 Å². The molecular formula is C18H35N3. The van der Waals surface area contributed by atoms with Crippen LogP contribution in [0.25, 0.3) is 0 Å². The highest BCUT2D eigenvalue weighted by Gasteiger charge is 2.23. The first-order valence-corrected chi connectivity index (χ1v) is 9.05. The van der Waals surface area contributed by atoms with Crippen molar-refractivity contribution in [3.63, 3.8) is 0 Å². The van der Waals surface area contributed by atoms with Crippen molar-refractivity contribution in [2.24, 2.45) is 0 Å². The Kier molecular flexibility index (Phi) is 8.96. The van der Waals surface area contributed by atoms with E-state index in [0.29, 0.717) is 0 Å². The van der Waals surface area contributed by atoms with Gasteiger partial charge in [0.1, 0.15) is 5.54 Å². The lowest BCUT2D eigenvalue weighted by Gasteiger charge is -2.29. The second-order valence-electron chi connectivity index (χ2n) is 6.78. The Labute approximate surface area is 132 Å². The summed E-state index contributed by atoms with van der Waals surface area (Å²) in [6.07, 6.45) is 11.3. The van der Waals surface area contributed by atoms with Gasteiger partial charge in [-0.05, 0) is 71.5 Å². The van der Waals surface area contributed by atoms with Gasteiger partial charge in [-0.15, -0.1) is 0 Å². The second kappa shape index (κ2) is 10.2. The highest BCUT2D eigenvalue weighted by Crippen LogP contribution is 2.20. The molecule has 1 aliphatic rings. The lowest BCUT2D eigenvalue weighted by atomic mass is 9.96. The van der Waals surface area contributed by atoms with Crippen LogP contribution in [0, 0.1) is 11.3 Å². The maximum absolute atomic E-state index is 9.35. The van der Waals surface area contributed by atoms with Crippen LogP contribution in [0.3, 0.4) is 0 Å². The number of nitriles is 1. The molecular weight excluding hydrogens is 258 g/mol. The van der Waals surface area contributed by atoms with Crippen molar-refractivity contribution in [3.05, 3.63) is 0 Å². The number of unbranched alkanes of at least 4 members (excludes halogenated alkanes) is 1. The number of nitrogens with zero attached hydrogens (tertiary/aromatic N) is 2. The molecule has 1 heterocycles. The Hall–Kier alpha value is -0.590. The summed E-state index contributed by atoms with van der Waals surface area (Å²) in [4.78, 5) is 2.70. The fourth-order valence-corrected chi connectivity index (χ4v) is 3.37. The van der Waals surface area contributed by atoms with Crippen LogP contribution >= 0.6 is 0 Å². The summed E-state index contributed by atoms with van der Waals surface area (Å²) < 4.78 is 0. The van der Waals surface area contributed by atoms with E-state index in [1.165, 1.54) is 51.6 Å². The third kappa shape index (κ3) is 6.80. The zero-order valence-electron chi connectivity index (χ0n) is 14.5. The highest BCUT2D eigenvalue weighted by atomic mass is 15.1. The van der Waals surface area contributed by atoms with Crippen molar-refractivity contribution in [3.8, 4) is 6.07 Å². The minimum Gasteiger partial charge on any atom is -0.300 e. The van der Waals surface area contributed by atoms with Gasteiger partial charge in [-0.3, -0.25) is 5.32 Å². The number of hydrogen-bond acceptors (Lipinski definition) is 3. The van der Waals surface area contributed by atoms with E-state index in [1.807, 2.05) is 6.92 Å². The Morgan fingerprint density at radius 2 is 2.05 bits per heavy atom. The molecule has 0 bridgehead atoms. The van der Waals surface area contributed by atoms with Crippen molar-refractivity contribution >= 4 is 0 Å². The van der Waals surface area contributed by atoms with Crippen LogP contribution in [0.4, 0.5) is 0 Å². The quantitative estimate of drug-likeness (QED) is 0.651. The predicted molar refractivity (Wildman–Crippen MR) is 90.3 cm³/mol. The van der Waals surface area contributed by atoms with E-state index in [1.54, 1.807) is 0 Å². The van der Waals surface area contributed by atoms with Gasteiger partial charge in [0, 0.05) is 6.04 Å². The zero-order chi connectivity index (χ0) is 15.6. The molecule has 3 nitrogen and oxygen atoms in total. The van der Waals surface area contributed by atoms with Crippen molar-refractivity contribution in [2.45, 2.75) is 90.1 Å². The first-order valence-electron chi connectivity index (χ1n) is 9.05. The van der Waals surface area contributed by atoms with Crippen molar-refractivity contribution in [1.29, 1.82) is 5.26 Å².